The maximum absolute atomic E-state index is 4.67. The third-order valence-electron chi connectivity index (χ3n) is 6.53. The zero-order chi connectivity index (χ0) is 24.8. The van der Waals surface area contributed by atoms with Crippen molar-refractivity contribution in [1.29, 1.82) is 0 Å². The number of nitrogens with zero attached hydrogens (tertiary/aromatic N) is 4. The lowest BCUT2D eigenvalue weighted by molar-refractivity contribution is 0.537. The number of hydrogen-bond acceptors (Lipinski definition) is 4. The highest BCUT2D eigenvalue weighted by molar-refractivity contribution is 5.85. The Bertz CT molecular complexity index is 1300. The lowest BCUT2D eigenvalue weighted by Crippen LogP contribution is -2.20. The summed E-state index contributed by atoms with van der Waals surface area (Å²) in [5, 5.41) is 8.01. The number of pyridine rings is 1. The van der Waals surface area contributed by atoms with Crippen LogP contribution in [0.15, 0.2) is 68.3 Å². The van der Waals surface area contributed by atoms with Crippen molar-refractivity contribution in [3.63, 3.8) is 0 Å². The Morgan fingerprint density at radius 1 is 1.03 bits per heavy atom. The van der Waals surface area contributed by atoms with E-state index in [2.05, 4.69) is 78.6 Å². The largest absolute Gasteiger partial charge is 0.314 e. The van der Waals surface area contributed by atoms with Gasteiger partial charge in [-0.2, -0.15) is 5.10 Å². The smallest absolute Gasteiger partial charge is 0.162 e. The molecule has 1 aliphatic heterocycles. The maximum Gasteiger partial charge on any atom is 0.162 e. The van der Waals surface area contributed by atoms with Crippen LogP contribution in [-0.2, 0) is 0 Å². The first-order valence-electron chi connectivity index (χ1n) is 12.4. The summed E-state index contributed by atoms with van der Waals surface area (Å²) in [6.07, 6.45) is 15.1. The molecule has 5 nitrogen and oxygen atoms in total. The van der Waals surface area contributed by atoms with Crippen molar-refractivity contribution in [2.75, 3.05) is 6.54 Å². The molecule has 0 saturated carbocycles. The zero-order valence-corrected chi connectivity index (χ0v) is 21.0. The Morgan fingerprint density at radius 2 is 1.83 bits per heavy atom. The van der Waals surface area contributed by atoms with Gasteiger partial charge in [0, 0.05) is 41.3 Å². The molecule has 0 bridgehead atoms. The molecule has 0 aliphatic carbocycles. The van der Waals surface area contributed by atoms with E-state index in [1.165, 1.54) is 31.4 Å². The molecule has 5 heteroatoms. The van der Waals surface area contributed by atoms with Crippen LogP contribution in [0.25, 0.3) is 40.1 Å². The van der Waals surface area contributed by atoms with Gasteiger partial charge in [-0.15, -0.1) is 0 Å². The average molecular weight is 466 g/mol. The highest BCUT2D eigenvalue weighted by Crippen LogP contribution is 2.30. The first-order chi connectivity index (χ1) is 17.0. The third kappa shape index (κ3) is 5.57. The first kappa shape index (κ1) is 24.6. The molecule has 5 rings (SSSR count). The summed E-state index contributed by atoms with van der Waals surface area (Å²) >= 11 is 0. The molecule has 0 amide bonds. The van der Waals surface area contributed by atoms with Crippen molar-refractivity contribution in [1.82, 2.24) is 24.9 Å². The normalized spacial score (nSPS) is 17.1. The van der Waals surface area contributed by atoms with Crippen molar-refractivity contribution in [3.8, 4) is 22.3 Å². The zero-order valence-electron chi connectivity index (χ0n) is 21.0. The summed E-state index contributed by atoms with van der Waals surface area (Å²) in [4.78, 5) is 9.01. The maximum atomic E-state index is 4.67. The van der Waals surface area contributed by atoms with E-state index in [9.17, 15) is 0 Å². The van der Waals surface area contributed by atoms with Crippen LogP contribution in [0.3, 0.4) is 0 Å². The van der Waals surface area contributed by atoms with Crippen LogP contribution >= 0.6 is 0 Å². The predicted octanol–water partition coefficient (Wildman–Crippen LogP) is 6.84. The van der Waals surface area contributed by atoms with Crippen LogP contribution in [0.5, 0.6) is 0 Å². The van der Waals surface area contributed by atoms with Gasteiger partial charge in [-0.25, -0.2) is 9.50 Å². The van der Waals surface area contributed by atoms with E-state index in [1.807, 2.05) is 29.2 Å². The van der Waals surface area contributed by atoms with E-state index in [4.69, 9.17) is 0 Å². The van der Waals surface area contributed by atoms with Gasteiger partial charge in [0.25, 0.3) is 0 Å². The highest BCUT2D eigenvalue weighted by atomic mass is 15.2. The monoisotopic (exact) mass is 465 g/mol. The SMILES string of the molecule is C=Cc1nccc(-c2cnn3cc(-c4ccc(C)cc4)cnc23)c1C=C.CCCC1CC(C)CN1. The summed E-state index contributed by atoms with van der Waals surface area (Å²) in [6, 6.07) is 11.2. The second-order valence-corrected chi connectivity index (χ2v) is 9.34. The number of aryl methyl sites for hydroxylation is 1. The van der Waals surface area contributed by atoms with E-state index in [1.54, 1.807) is 18.3 Å². The molecule has 0 spiro atoms. The molecule has 4 heterocycles. The van der Waals surface area contributed by atoms with Gasteiger partial charge in [-0.3, -0.25) is 4.98 Å². The minimum atomic E-state index is 0.796. The standard InChI is InChI=1S/C22H18N4.C8H17N/c1-4-18-19(10-11-23-21(18)5-2)20-13-25-26-14-17(12-24-22(20)26)16-8-6-15(3)7-9-16;1-3-4-8-5-7(2)6-9-8/h4-14H,1-2H2,3H3;7-9H,3-6H2,1-2H3. The molecule has 2 atom stereocenters. The molecule has 1 aliphatic rings. The Kier molecular flexibility index (Phi) is 7.88. The number of fused-ring (bicyclic) bond motifs is 1. The van der Waals surface area contributed by atoms with Gasteiger partial charge in [0.2, 0.25) is 0 Å². The van der Waals surface area contributed by atoms with Gasteiger partial charge >= 0.3 is 0 Å². The van der Waals surface area contributed by atoms with Gasteiger partial charge < -0.3 is 5.32 Å². The Hall–Kier alpha value is -3.57. The van der Waals surface area contributed by atoms with Gasteiger partial charge in [0.1, 0.15) is 0 Å². The summed E-state index contributed by atoms with van der Waals surface area (Å²) in [7, 11) is 0. The first-order valence-corrected chi connectivity index (χ1v) is 12.4. The summed E-state index contributed by atoms with van der Waals surface area (Å²) < 4.78 is 1.81. The lowest BCUT2D eigenvalue weighted by atomic mass is 10.0. The highest BCUT2D eigenvalue weighted by Gasteiger charge is 2.18. The van der Waals surface area contributed by atoms with Crippen LogP contribution in [0, 0.1) is 12.8 Å². The van der Waals surface area contributed by atoms with Crippen LogP contribution in [0.2, 0.25) is 0 Å². The van der Waals surface area contributed by atoms with Gasteiger partial charge in [-0.05, 0) is 55.5 Å². The quantitative estimate of drug-likeness (QED) is 0.339. The fourth-order valence-electron chi connectivity index (χ4n) is 4.65. The number of aromatic nitrogens is 4. The van der Waals surface area contributed by atoms with E-state index in [0.29, 0.717) is 0 Å². The van der Waals surface area contributed by atoms with Crippen LogP contribution in [0.4, 0.5) is 0 Å². The van der Waals surface area contributed by atoms with Crippen molar-refractivity contribution in [2.45, 2.75) is 46.1 Å². The summed E-state index contributed by atoms with van der Waals surface area (Å²) in [6.45, 7) is 15.6. The molecule has 0 radical (unpaired) electrons. The molecule has 3 aromatic heterocycles. The van der Waals surface area contributed by atoms with Crippen LogP contribution in [-0.4, -0.2) is 32.2 Å². The molecule has 35 heavy (non-hydrogen) atoms. The van der Waals surface area contributed by atoms with E-state index in [0.717, 1.165) is 51.1 Å². The molecule has 4 aromatic rings. The average Bonchev–Trinajstić information content (AvgIpc) is 3.49. The predicted molar refractivity (Wildman–Crippen MR) is 147 cm³/mol. The van der Waals surface area contributed by atoms with Gasteiger partial charge in [0.05, 0.1) is 11.9 Å². The number of benzene rings is 1. The molecular weight excluding hydrogens is 430 g/mol. The number of rotatable bonds is 6. The van der Waals surface area contributed by atoms with Crippen molar-refractivity contribution in [3.05, 3.63) is 85.1 Å². The second kappa shape index (κ2) is 11.2. The third-order valence-corrected chi connectivity index (χ3v) is 6.53. The Labute approximate surface area is 208 Å². The molecule has 1 fully saturated rings. The molecule has 180 valence electrons. The minimum Gasteiger partial charge on any atom is -0.314 e. The summed E-state index contributed by atoms with van der Waals surface area (Å²) in [5.41, 5.74) is 7.84. The van der Waals surface area contributed by atoms with Crippen LogP contribution in [0.1, 0.15) is 49.9 Å². The fourth-order valence-corrected chi connectivity index (χ4v) is 4.65. The van der Waals surface area contributed by atoms with E-state index >= 15 is 0 Å². The number of hydrogen-bond donors (Lipinski definition) is 1. The van der Waals surface area contributed by atoms with Crippen molar-refractivity contribution >= 4 is 17.8 Å². The van der Waals surface area contributed by atoms with E-state index in [-0.39, 0.29) is 0 Å². The summed E-state index contributed by atoms with van der Waals surface area (Å²) in [5.74, 6) is 0.918. The van der Waals surface area contributed by atoms with Crippen molar-refractivity contribution in [2.24, 2.45) is 5.92 Å². The van der Waals surface area contributed by atoms with Gasteiger partial charge in [0.15, 0.2) is 5.65 Å². The Balaban J connectivity index is 0.000000271. The topological polar surface area (TPSA) is 55.1 Å². The number of nitrogens with one attached hydrogen (secondary N) is 1. The lowest BCUT2D eigenvalue weighted by Gasteiger charge is -2.07. The second-order valence-electron chi connectivity index (χ2n) is 9.34. The van der Waals surface area contributed by atoms with E-state index < -0.39 is 0 Å². The van der Waals surface area contributed by atoms with Gasteiger partial charge in [-0.1, -0.05) is 69.3 Å². The molecule has 1 saturated heterocycles. The molecule has 1 N–H and O–H groups in total. The minimum absolute atomic E-state index is 0.796. The molecule has 1 aromatic carbocycles. The molecule has 2 unspecified atom stereocenters. The fraction of sp³-hybridized carbons (Fsp3) is 0.300. The molecular formula is C30H35N5. The van der Waals surface area contributed by atoms with Crippen LogP contribution < -0.4 is 5.32 Å². The van der Waals surface area contributed by atoms with Crippen molar-refractivity contribution < 1.29 is 0 Å². The Morgan fingerprint density at radius 3 is 2.49 bits per heavy atom.